The van der Waals surface area contributed by atoms with E-state index < -0.39 is 11.8 Å². The van der Waals surface area contributed by atoms with E-state index in [0.29, 0.717) is 28.0 Å². The van der Waals surface area contributed by atoms with Crippen molar-refractivity contribution < 1.29 is 13.9 Å². The van der Waals surface area contributed by atoms with Gasteiger partial charge in [-0.15, -0.1) is 0 Å². The maximum absolute atomic E-state index is 14.7. The van der Waals surface area contributed by atoms with Crippen LogP contribution in [0.15, 0.2) is 30.3 Å². The number of methoxy groups -OCH3 is 1. The Balaban J connectivity index is 1.31. The Kier molecular flexibility index (Phi) is 5.95. The summed E-state index contributed by atoms with van der Waals surface area (Å²) in [6.07, 6.45) is 3.30. The number of benzene rings is 2. The van der Waals surface area contributed by atoms with Gasteiger partial charge in [0.2, 0.25) is 0 Å². The first-order chi connectivity index (χ1) is 15.3. The van der Waals surface area contributed by atoms with E-state index >= 15 is 0 Å². The van der Waals surface area contributed by atoms with Gasteiger partial charge in [-0.1, -0.05) is 23.2 Å². The maximum atomic E-state index is 14.7. The number of fused-ring (bicyclic) bond motifs is 2. The molecule has 1 saturated carbocycles. The second kappa shape index (κ2) is 8.60. The van der Waals surface area contributed by atoms with Crippen LogP contribution in [0.5, 0.6) is 0 Å². The van der Waals surface area contributed by atoms with E-state index in [9.17, 15) is 9.18 Å². The number of piperazine rings is 1. The minimum atomic E-state index is -0.609. The van der Waals surface area contributed by atoms with Gasteiger partial charge in [-0.2, -0.15) is 0 Å². The van der Waals surface area contributed by atoms with Crippen molar-refractivity contribution in [3.05, 3.63) is 68.4 Å². The van der Waals surface area contributed by atoms with E-state index in [1.165, 1.54) is 7.11 Å². The normalized spacial score (nSPS) is 24.2. The number of hydrogen-bond acceptors (Lipinski definition) is 4. The van der Waals surface area contributed by atoms with Crippen LogP contribution in [-0.2, 0) is 11.3 Å². The molecule has 0 spiro atoms. The Morgan fingerprint density at radius 2 is 1.84 bits per heavy atom. The van der Waals surface area contributed by atoms with Crippen LogP contribution in [-0.4, -0.2) is 48.1 Å². The molecule has 2 bridgehead atoms. The molecule has 2 aromatic carbocycles. The van der Waals surface area contributed by atoms with Crippen molar-refractivity contribution in [1.29, 1.82) is 0 Å². The molecule has 5 rings (SSSR count). The van der Waals surface area contributed by atoms with Gasteiger partial charge in [0.25, 0.3) is 0 Å². The third kappa shape index (κ3) is 4.16. The van der Waals surface area contributed by atoms with Gasteiger partial charge in [-0.05, 0) is 79.1 Å². The molecule has 3 aliphatic rings. The molecule has 0 amide bonds. The van der Waals surface area contributed by atoms with E-state index in [1.807, 2.05) is 12.1 Å². The summed E-state index contributed by atoms with van der Waals surface area (Å²) in [7, 11) is 1.29. The maximum Gasteiger partial charge on any atom is 0.340 e. The van der Waals surface area contributed by atoms with Gasteiger partial charge in [-0.3, -0.25) is 9.80 Å². The highest BCUT2D eigenvalue weighted by Crippen LogP contribution is 2.44. The number of carbonyl (C=O) groups excluding carboxylic acids is 1. The highest BCUT2D eigenvalue weighted by atomic mass is 35.5. The van der Waals surface area contributed by atoms with Crippen LogP contribution < -0.4 is 0 Å². The van der Waals surface area contributed by atoms with E-state index in [-0.39, 0.29) is 11.6 Å². The van der Waals surface area contributed by atoms with Crippen molar-refractivity contribution in [3.63, 3.8) is 0 Å². The number of likely N-dealkylation sites (tertiary alicyclic amines) is 2. The van der Waals surface area contributed by atoms with Crippen molar-refractivity contribution in [2.75, 3.05) is 20.2 Å². The molecule has 2 aliphatic heterocycles. The third-order valence-corrected chi connectivity index (χ3v) is 7.72. The van der Waals surface area contributed by atoms with Crippen LogP contribution in [0.1, 0.15) is 65.2 Å². The van der Waals surface area contributed by atoms with E-state index in [1.54, 1.807) is 18.2 Å². The summed E-state index contributed by atoms with van der Waals surface area (Å²) in [5, 5.41) is 1.32. The first kappa shape index (κ1) is 22.1. The van der Waals surface area contributed by atoms with Crippen molar-refractivity contribution >= 4 is 29.2 Å². The lowest BCUT2D eigenvalue weighted by molar-refractivity contribution is 0.0595. The number of carbonyl (C=O) groups is 1. The molecule has 0 radical (unpaired) electrons. The molecular formula is C25H27Cl2FN2O2. The van der Waals surface area contributed by atoms with Gasteiger partial charge in [0.1, 0.15) is 5.82 Å². The number of nitrogens with zero attached hydrogens (tertiary/aromatic N) is 2. The zero-order valence-electron chi connectivity index (χ0n) is 18.3. The third-order valence-electron chi connectivity index (χ3n) is 7.29. The molecule has 32 heavy (non-hydrogen) atoms. The molecule has 2 aromatic rings. The lowest BCUT2D eigenvalue weighted by atomic mass is 9.98. The molecule has 0 unspecified atom stereocenters. The van der Waals surface area contributed by atoms with Crippen molar-refractivity contribution in [2.24, 2.45) is 0 Å². The summed E-state index contributed by atoms with van der Waals surface area (Å²) < 4.78 is 19.4. The molecule has 3 fully saturated rings. The number of hydrogen-bond donors (Lipinski definition) is 0. The largest absolute Gasteiger partial charge is 0.465 e. The van der Waals surface area contributed by atoms with Gasteiger partial charge in [0.15, 0.2) is 0 Å². The second-order valence-electron chi connectivity index (χ2n) is 9.35. The van der Waals surface area contributed by atoms with Crippen LogP contribution in [0.2, 0.25) is 10.0 Å². The first-order valence-corrected chi connectivity index (χ1v) is 12.0. The zero-order valence-corrected chi connectivity index (χ0v) is 19.8. The summed E-state index contributed by atoms with van der Waals surface area (Å²) in [4.78, 5) is 17.0. The fraction of sp³-hybridized carbons (Fsp3) is 0.480. The van der Waals surface area contributed by atoms with Gasteiger partial charge in [-0.25, -0.2) is 9.18 Å². The van der Waals surface area contributed by atoms with Crippen LogP contribution >= 0.6 is 23.2 Å². The molecule has 4 nitrogen and oxygen atoms in total. The molecule has 0 aromatic heterocycles. The number of ether oxygens (including phenoxy) is 1. The van der Waals surface area contributed by atoms with Crippen LogP contribution in [0.25, 0.3) is 0 Å². The summed E-state index contributed by atoms with van der Waals surface area (Å²) in [5.74, 6) is -0.673. The van der Waals surface area contributed by atoms with Crippen LogP contribution in [0.3, 0.4) is 0 Å². The van der Waals surface area contributed by atoms with Crippen molar-refractivity contribution in [2.45, 2.75) is 56.8 Å². The Bertz CT molecular complexity index is 1040. The quantitative estimate of drug-likeness (QED) is 0.492. The topological polar surface area (TPSA) is 32.8 Å². The van der Waals surface area contributed by atoms with Crippen LogP contribution in [0, 0.1) is 5.82 Å². The van der Waals surface area contributed by atoms with Crippen molar-refractivity contribution in [1.82, 2.24) is 9.80 Å². The number of esters is 1. The zero-order chi connectivity index (χ0) is 22.6. The molecule has 0 N–H and O–H groups in total. The van der Waals surface area contributed by atoms with E-state index in [4.69, 9.17) is 27.9 Å². The summed E-state index contributed by atoms with van der Waals surface area (Å²) in [5.41, 5.74) is 3.29. The lowest BCUT2D eigenvalue weighted by Crippen LogP contribution is -2.46. The van der Waals surface area contributed by atoms with Gasteiger partial charge >= 0.3 is 5.97 Å². The Labute approximate surface area is 198 Å². The molecule has 2 heterocycles. The van der Waals surface area contributed by atoms with Gasteiger partial charge in [0.05, 0.1) is 12.7 Å². The lowest BCUT2D eigenvalue weighted by Gasteiger charge is -2.38. The van der Waals surface area contributed by atoms with Crippen LogP contribution in [0.4, 0.5) is 4.39 Å². The predicted molar refractivity (Wildman–Crippen MR) is 124 cm³/mol. The van der Waals surface area contributed by atoms with Gasteiger partial charge in [0, 0.05) is 47.8 Å². The highest BCUT2D eigenvalue weighted by molar-refractivity contribution is 6.34. The van der Waals surface area contributed by atoms with Gasteiger partial charge < -0.3 is 4.74 Å². The smallest absolute Gasteiger partial charge is 0.340 e. The van der Waals surface area contributed by atoms with E-state index in [0.717, 1.165) is 55.6 Å². The predicted octanol–water partition coefficient (Wildman–Crippen LogP) is 5.82. The van der Waals surface area contributed by atoms with E-state index in [2.05, 4.69) is 16.7 Å². The first-order valence-electron chi connectivity index (χ1n) is 11.2. The average Bonchev–Trinajstić information content (AvgIpc) is 3.41. The highest BCUT2D eigenvalue weighted by Gasteiger charge is 2.45. The monoisotopic (exact) mass is 476 g/mol. The standard InChI is InChI=1S/C25H27Cl2FN2O2/c1-14(16-5-18(26)8-19(27)6-16)30-13-20-9-21(30)12-29(20)11-17-7-24(28)23(25(31)32-2)10-22(17)15-3-4-15/h5-8,10,14-15,20-21H,3-4,9,11-13H2,1-2H3/t14-,20-,21-/m0/s1. The Hall–Kier alpha value is -1.66. The van der Waals surface area contributed by atoms with Crippen molar-refractivity contribution in [3.8, 4) is 0 Å². The average molecular weight is 477 g/mol. The molecule has 3 atom stereocenters. The summed E-state index contributed by atoms with van der Waals surface area (Å²) in [6.45, 7) is 4.85. The SMILES string of the molecule is COC(=O)c1cc(C2CC2)c(CN2C[C@@H]3C[C@H]2CN3[C@@H](C)c2cc(Cl)cc(Cl)c2)cc1F. The fourth-order valence-corrected chi connectivity index (χ4v) is 6.03. The molecular weight excluding hydrogens is 450 g/mol. The molecule has 1 aliphatic carbocycles. The molecule has 170 valence electrons. The second-order valence-corrected chi connectivity index (χ2v) is 10.2. The fourth-order valence-electron chi connectivity index (χ4n) is 5.48. The minimum absolute atomic E-state index is 0.0428. The minimum Gasteiger partial charge on any atom is -0.465 e. The molecule has 7 heteroatoms. The molecule has 2 saturated heterocycles. The summed E-state index contributed by atoms with van der Waals surface area (Å²) >= 11 is 12.4. The number of rotatable bonds is 6. The Morgan fingerprint density at radius 1 is 1.12 bits per heavy atom. The Morgan fingerprint density at radius 3 is 2.44 bits per heavy atom. The summed E-state index contributed by atoms with van der Waals surface area (Å²) in [6, 6.07) is 10.2. The number of halogens is 3.